The second-order valence-electron chi connectivity index (χ2n) is 5.88. The topological polar surface area (TPSA) is 106 Å². The van der Waals surface area contributed by atoms with Crippen LogP contribution in [0.25, 0.3) is 0 Å². The number of aliphatic imine (C=N–C) groups is 1. The largest absolute Gasteiger partial charge is 0.444 e. The molecule has 0 aromatic rings. The maximum absolute atomic E-state index is 12.2. The number of amides is 2. The second kappa shape index (κ2) is 9.24. The van der Waals surface area contributed by atoms with Crippen molar-refractivity contribution in [3.63, 3.8) is 0 Å². The van der Waals surface area contributed by atoms with Gasteiger partial charge in [-0.2, -0.15) is 0 Å². The Morgan fingerprint density at radius 3 is 2.41 bits per heavy atom. The van der Waals surface area contributed by atoms with Crippen LogP contribution >= 0.6 is 0 Å². The molecule has 8 heteroatoms. The molecule has 0 fully saturated rings. The van der Waals surface area contributed by atoms with Gasteiger partial charge in [-0.05, 0) is 40.5 Å². The van der Waals surface area contributed by atoms with Gasteiger partial charge in [-0.25, -0.2) is 9.86 Å². The zero-order chi connectivity index (χ0) is 17.3. The Morgan fingerprint density at radius 1 is 1.36 bits per heavy atom. The average molecular weight is 316 g/mol. The lowest BCUT2D eigenvalue weighted by Crippen LogP contribution is -2.48. The first-order valence-corrected chi connectivity index (χ1v) is 7.14. The quantitative estimate of drug-likeness (QED) is 0.316. The Balaban J connectivity index is 4.68. The predicted molar refractivity (Wildman–Crippen MR) is 84.3 cm³/mol. The van der Waals surface area contributed by atoms with Crippen LogP contribution in [0.4, 0.5) is 4.79 Å². The predicted octanol–water partition coefficient (Wildman–Crippen LogP) is 1.06. The number of ether oxygens (including phenoxy) is 1. The van der Waals surface area contributed by atoms with Gasteiger partial charge in [0.2, 0.25) is 0 Å². The van der Waals surface area contributed by atoms with Gasteiger partial charge < -0.3 is 15.8 Å². The van der Waals surface area contributed by atoms with Crippen LogP contribution in [-0.4, -0.2) is 55.2 Å². The Bertz CT molecular complexity index is 400. The summed E-state index contributed by atoms with van der Waals surface area (Å²) in [4.78, 5) is 32.9. The highest BCUT2D eigenvalue weighted by atomic mass is 16.7. The van der Waals surface area contributed by atoms with Gasteiger partial charge in [-0.1, -0.05) is 0 Å². The molecular formula is C14H28N4O4. The number of nitrogens with zero attached hydrogens (tertiary/aromatic N) is 2. The average Bonchev–Trinajstić information content (AvgIpc) is 2.38. The smallest absolute Gasteiger partial charge is 0.408 e. The molecule has 0 aromatic carbocycles. The summed E-state index contributed by atoms with van der Waals surface area (Å²) < 4.78 is 5.17. The second-order valence-corrected chi connectivity index (χ2v) is 5.88. The molecule has 3 N–H and O–H groups in total. The highest BCUT2D eigenvalue weighted by molar-refractivity contribution is 5.84. The number of hydroxylamine groups is 2. The molecule has 0 radical (unpaired) electrons. The number of nitrogens with one attached hydrogen (secondary N) is 1. The monoisotopic (exact) mass is 316 g/mol. The molecule has 0 saturated heterocycles. The van der Waals surface area contributed by atoms with E-state index in [1.54, 1.807) is 27.7 Å². The first kappa shape index (κ1) is 20.2. The Hall–Kier alpha value is -1.83. The van der Waals surface area contributed by atoms with E-state index in [1.807, 2.05) is 0 Å². The molecule has 0 rings (SSSR count). The molecule has 22 heavy (non-hydrogen) atoms. The highest BCUT2D eigenvalue weighted by Gasteiger charge is 2.26. The fraction of sp³-hybridized carbons (Fsp3) is 0.786. The summed E-state index contributed by atoms with van der Waals surface area (Å²) in [5.74, 6) is 0.124. The van der Waals surface area contributed by atoms with Crippen LogP contribution in [0.1, 0.15) is 40.5 Å². The molecule has 128 valence electrons. The molecule has 1 atom stereocenters. The summed E-state index contributed by atoms with van der Waals surface area (Å²) in [7, 11) is 2.86. The standard InChI is InChI=1S/C14H28N4O4/c1-10(15)16-9-7-8-11(12(19)18(5)21-6)17-13(20)22-14(2,3)4/h11H,7-9H2,1-6H3,(H2,15,16)(H,17,20)/t11-/m0/s1. The van der Waals surface area contributed by atoms with E-state index in [1.165, 1.54) is 14.2 Å². The molecule has 8 nitrogen and oxygen atoms in total. The van der Waals surface area contributed by atoms with Gasteiger partial charge in [-0.15, -0.1) is 0 Å². The lowest BCUT2D eigenvalue weighted by atomic mass is 10.1. The van der Waals surface area contributed by atoms with E-state index >= 15 is 0 Å². The van der Waals surface area contributed by atoms with E-state index in [0.717, 1.165) is 5.06 Å². The molecule has 0 aliphatic heterocycles. The van der Waals surface area contributed by atoms with E-state index in [9.17, 15) is 9.59 Å². The Kier molecular flexibility index (Phi) is 8.47. The third-order valence-corrected chi connectivity index (χ3v) is 2.59. The maximum atomic E-state index is 12.2. The SMILES string of the molecule is CON(C)C(=O)[C@H](CCCN=C(C)N)NC(=O)OC(C)(C)C. The van der Waals surface area contributed by atoms with Crippen molar-refractivity contribution in [2.45, 2.75) is 52.2 Å². The van der Waals surface area contributed by atoms with Crippen LogP contribution in [0.15, 0.2) is 4.99 Å². The fourth-order valence-electron chi connectivity index (χ4n) is 1.57. The minimum Gasteiger partial charge on any atom is -0.444 e. The highest BCUT2D eigenvalue weighted by Crippen LogP contribution is 2.09. The molecule has 0 bridgehead atoms. The molecule has 0 spiro atoms. The molecule has 0 aliphatic carbocycles. The van der Waals surface area contributed by atoms with Gasteiger partial charge in [0.05, 0.1) is 12.9 Å². The van der Waals surface area contributed by atoms with Crippen molar-refractivity contribution >= 4 is 17.8 Å². The van der Waals surface area contributed by atoms with E-state index in [2.05, 4.69) is 10.3 Å². The summed E-state index contributed by atoms with van der Waals surface area (Å²) in [6.45, 7) is 7.44. The Labute approximate surface area is 132 Å². The van der Waals surface area contributed by atoms with Crippen molar-refractivity contribution in [3.8, 4) is 0 Å². The molecule has 0 heterocycles. The number of nitrogens with two attached hydrogens (primary N) is 1. The summed E-state index contributed by atoms with van der Waals surface area (Å²) in [5, 5.41) is 3.63. The van der Waals surface area contributed by atoms with Crippen molar-refractivity contribution in [2.24, 2.45) is 10.7 Å². The van der Waals surface area contributed by atoms with Gasteiger partial charge in [0.25, 0.3) is 5.91 Å². The van der Waals surface area contributed by atoms with Crippen molar-refractivity contribution in [1.29, 1.82) is 0 Å². The van der Waals surface area contributed by atoms with Crippen molar-refractivity contribution in [2.75, 3.05) is 20.7 Å². The molecular weight excluding hydrogens is 288 g/mol. The number of rotatable bonds is 7. The third-order valence-electron chi connectivity index (χ3n) is 2.59. The van der Waals surface area contributed by atoms with Crippen molar-refractivity contribution in [3.05, 3.63) is 0 Å². The zero-order valence-electron chi connectivity index (χ0n) is 14.3. The van der Waals surface area contributed by atoms with E-state index in [0.29, 0.717) is 25.2 Å². The van der Waals surface area contributed by atoms with Crippen LogP contribution in [0, 0.1) is 0 Å². The van der Waals surface area contributed by atoms with Gasteiger partial charge in [0.15, 0.2) is 0 Å². The summed E-state index contributed by atoms with van der Waals surface area (Å²) >= 11 is 0. The number of likely N-dealkylation sites (N-methyl/N-ethyl adjacent to an activating group) is 1. The van der Waals surface area contributed by atoms with E-state index in [-0.39, 0.29) is 5.91 Å². The zero-order valence-corrected chi connectivity index (χ0v) is 14.3. The first-order valence-electron chi connectivity index (χ1n) is 7.14. The van der Waals surface area contributed by atoms with Crippen LogP contribution in [0.2, 0.25) is 0 Å². The minimum absolute atomic E-state index is 0.359. The summed E-state index contributed by atoms with van der Waals surface area (Å²) in [6, 6.07) is -0.743. The van der Waals surface area contributed by atoms with Crippen molar-refractivity contribution in [1.82, 2.24) is 10.4 Å². The van der Waals surface area contributed by atoms with Crippen molar-refractivity contribution < 1.29 is 19.2 Å². The first-order chi connectivity index (χ1) is 10.1. The van der Waals surface area contributed by atoms with Crippen LogP contribution in [-0.2, 0) is 14.4 Å². The molecule has 2 amide bonds. The lowest BCUT2D eigenvalue weighted by molar-refractivity contribution is -0.171. The number of alkyl carbamates (subject to hydrolysis) is 1. The maximum Gasteiger partial charge on any atom is 0.408 e. The fourth-order valence-corrected chi connectivity index (χ4v) is 1.57. The molecule has 0 aromatic heterocycles. The minimum atomic E-state index is -0.743. The van der Waals surface area contributed by atoms with Gasteiger partial charge >= 0.3 is 6.09 Å². The third kappa shape index (κ3) is 9.17. The molecule has 0 aliphatic rings. The lowest BCUT2D eigenvalue weighted by Gasteiger charge is -2.25. The van der Waals surface area contributed by atoms with Gasteiger partial charge in [0, 0.05) is 13.6 Å². The number of hydrogen-bond donors (Lipinski definition) is 2. The van der Waals surface area contributed by atoms with Crippen LogP contribution in [0.3, 0.4) is 0 Å². The molecule has 0 saturated carbocycles. The number of amidine groups is 1. The number of carbonyl (C=O) groups is 2. The van der Waals surface area contributed by atoms with Gasteiger partial charge in [0.1, 0.15) is 11.6 Å². The summed E-state index contributed by atoms with van der Waals surface area (Å²) in [6.07, 6.45) is 0.356. The van der Waals surface area contributed by atoms with Crippen LogP contribution in [0.5, 0.6) is 0 Å². The normalized spacial score (nSPS) is 13.5. The Morgan fingerprint density at radius 2 is 1.95 bits per heavy atom. The number of hydrogen-bond acceptors (Lipinski definition) is 5. The van der Waals surface area contributed by atoms with E-state index in [4.69, 9.17) is 15.3 Å². The molecule has 0 unspecified atom stereocenters. The summed E-state index contributed by atoms with van der Waals surface area (Å²) in [5.41, 5.74) is 4.82. The number of carbonyl (C=O) groups excluding carboxylic acids is 2. The van der Waals surface area contributed by atoms with Crippen LogP contribution < -0.4 is 11.1 Å². The van der Waals surface area contributed by atoms with E-state index < -0.39 is 17.7 Å². The van der Waals surface area contributed by atoms with Gasteiger partial charge in [-0.3, -0.25) is 14.6 Å².